The van der Waals surface area contributed by atoms with Gasteiger partial charge in [0.05, 0.1) is 0 Å². The second-order valence-corrected chi connectivity index (χ2v) is 7.00. The highest BCUT2D eigenvalue weighted by Crippen LogP contribution is 2.34. The lowest BCUT2D eigenvalue weighted by Crippen LogP contribution is -2.57. The number of thiocarbonyl (C=S) groups is 1. The maximum atomic E-state index is 5.45. The molecule has 0 aromatic carbocycles. The van der Waals surface area contributed by atoms with Crippen molar-refractivity contribution in [1.29, 1.82) is 0 Å². The lowest BCUT2D eigenvalue weighted by atomic mass is 9.81. The predicted molar refractivity (Wildman–Crippen MR) is 96.3 cm³/mol. The zero-order valence-corrected chi connectivity index (χ0v) is 15.1. The summed E-state index contributed by atoms with van der Waals surface area (Å²) in [5.74, 6) is 0. The maximum absolute atomic E-state index is 5.45. The van der Waals surface area contributed by atoms with Crippen LogP contribution >= 0.6 is 12.2 Å². The Labute approximate surface area is 141 Å². The van der Waals surface area contributed by atoms with Gasteiger partial charge in [-0.2, -0.15) is 0 Å². The van der Waals surface area contributed by atoms with Gasteiger partial charge in [-0.3, -0.25) is 4.90 Å². The molecule has 2 aliphatic rings. The SMILES string of the molecule is CCCN1[C@@H]2CCC[C@H]1CC(NC(=S)NCCCOCC)C2. The van der Waals surface area contributed by atoms with E-state index in [0.717, 1.165) is 43.4 Å². The van der Waals surface area contributed by atoms with E-state index in [4.69, 9.17) is 17.0 Å². The van der Waals surface area contributed by atoms with Gasteiger partial charge in [-0.05, 0) is 64.2 Å². The van der Waals surface area contributed by atoms with Crippen LogP contribution in [-0.4, -0.2) is 54.4 Å². The Hall–Kier alpha value is -0.390. The van der Waals surface area contributed by atoms with E-state index in [0.29, 0.717) is 6.04 Å². The van der Waals surface area contributed by atoms with Crippen molar-refractivity contribution in [1.82, 2.24) is 15.5 Å². The summed E-state index contributed by atoms with van der Waals surface area (Å²) in [6.07, 6.45) is 8.91. The van der Waals surface area contributed by atoms with Crippen LogP contribution in [0.4, 0.5) is 0 Å². The quantitative estimate of drug-likeness (QED) is 0.529. The summed E-state index contributed by atoms with van der Waals surface area (Å²) >= 11 is 5.45. The number of fused-ring (bicyclic) bond motifs is 2. The van der Waals surface area contributed by atoms with Crippen molar-refractivity contribution >= 4 is 17.3 Å². The molecule has 2 N–H and O–H groups in total. The Bertz CT molecular complexity index is 326. The van der Waals surface area contributed by atoms with Crippen molar-refractivity contribution < 1.29 is 4.74 Å². The molecule has 0 aromatic rings. The molecule has 0 spiro atoms. The first-order valence-electron chi connectivity index (χ1n) is 9.12. The average molecular weight is 328 g/mol. The van der Waals surface area contributed by atoms with Crippen LogP contribution in [0.15, 0.2) is 0 Å². The lowest BCUT2D eigenvalue weighted by Gasteiger charge is -2.49. The summed E-state index contributed by atoms with van der Waals surface area (Å²) < 4.78 is 5.34. The third-order valence-electron chi connectivity index (χ3n) is 4.90. The summed E-state index contributed by atoms with van der Waals surface area (Å²) in [6.45, 7) is 8.09. The molecular weight excluding hydrogens is 294 g/mol. The second kappa shape index (κ2) is 9.68. The standard InChI is InChI=1S/C17H33N3OS/c1-3-10-20-15-7-5-8-16(20)13-14(12-15)19-17(22)18-9-6-11-21-4-2/h14-16H,3-13H2,1-2H3,(H2,18,19,22)/t14?,15-,16+. The minimum Gasteiger partial charge on any atom is -0.382 e. The van der Waals surface area contributed by atoms with Gasteiger partial charge >= 0.3 is 0 Å². The van der Waals surface area contributed by atoms with Crippen molar-refractivity contribution in [3.05, 3.63) is 0 Å². The summed E-state index contributed by atoms with van der Waals surface area (Å²) in [7, 11) is 0. The van der Waals surface area contributed by atoms with Crippen LogP contribution < -0.4 is 10.6 Å². The van der Waals surface area contributed by atoms with Crippen LogP contribution in [0.2, 0.25) is 0 Å². The van der Waals surface area contributed by atoms with Gasteiger partial charge in [0, 0.05) is 37.9 Å². The molecule has 2 rings (SSSR count). The second-order valence-electron chi connectivity index (χ2n) is 6.60. The molecule has 0 radical (unpaired) electrons. The monoisotopic (exact) mass is 327 g/mol. The van der Waals surface area contributed by atoms with Crippen molar-refractivity contribution in [2.24, 2.45) is 0 Å². The maximum Gasteiger partial charge on any atom is 0.166 e. The van der Waals surface area contributed by atoms with E-state index in [1.807, 2.05) is 6.92 Å². The molecule has 2 saturated heterocycles. The van der Waals surface area contributed by atoms with Crippen LogP contribution in [0.25, 0.3) is 0 Å². The van der Waals surface area contributed by atoms with E-state index in [-0.39, 0.29) is 0 Å². The van der Waals surface area contributed by atoms with Crippen molar-refractivity contribution in [3.63, 3.8) is 0 Å². The molecule has 2 heterocycles. The topological polar surface area (TPSA) is 36.5 Å². The average Bonchev–Trinajstić information content (AvgIpc) is 2.48. The van der Waals surface area contributed by atoms with Crippen LogP contribution in [0.1, 0.15) is 58.8 Å². The van der Waals surface area contributed by atoms with E-state index >= 15 is 0 Å². The van der Waals surface area contributed by atoms with E-state index in [9.17, 15) is 0 Å². The number of ether oxygens (including phenoxy) is 1. The first-order valence-corrected chi connectivity index (χ1v) is 9.53. The highest BCUT2D eigenvalue weighted by molar-refractivity contribution is 7.80. The summed E-state index contributed by atoms with van der Waals surface area (Å²) in [5.41, 5.74) is 0. The molecule has 5 heteroatoms. The third kappa shape index (κ3) is 5.36. The van der Waals surface area contributed by atoms with Gasteiger partial charge in [-0.15, -0.1) is 0 Å². The van der Waals surface area contributed by atoms with E-state index in [2.05, 4.69) is 22.5 Å². The van der Waals surface area contributed by atoms with Crippen molar-refractivity contribution in [2.45, 2.75) is 76.9 Å². The van der Waals surface area contributed by atoms with E-state index < -0.39 is 0 Å². The molecule has 0 aromatic heterocycles. The lowest BCUT2D eigenvalue weighted by molar-refractivity contribution is 0.0282. The predicted octanol–water partition coefficient (Wildman–Crippen LogP) is 2.67. The Morgan fingerprint density at radius 3 is 2.59 bits per heavy atom. The molecule has 0 aliphatic carbocycles. The van der Waals surface area contributed by atoms with Gasteiger partial charge in [0.15, 0.2) is 5.11 Å². The number of hydrogen-bond donors (Lipinski definition) is 2. The number of nitrogens with one attached hydrogen (secondary N) is 2. The first kappa shape index (κ1) is 18.0. The summed E-state index contributed by atoms with van der Waals surface area (Å²) in [6, 6.07) is 2.09. The zero-order chi connectivity index (χ0) is 15.8. The smallest absolute Gasteiger partial charge is 0.166 e. The number of rotatable bonds is 8. The Kier molecular flexibility index (Phi) is 7.90. The molecule has 2 fully saturated rings. The highest BCUT2D eigenvalue weighted by atomic mass is 32.1. The Morgan fingerprint density at radius 2 is 1.95 bits per heavy atom. The van der Waals surface area contributed by atoms with E-state index in [1.165, 1.54) is 45.1 Å². The molecular formula is C17H33N3OS. The molecule has 128 valence electrons. The molecule has 4 nitrogen and oxygen atoms in total. The fraction of sp³-hybridized carbons (Fsp3) is 0.941. The minimum absolute atomic E-state index is 0.551. The van der Waals surface area contributed by atoms with Crippen LogP contribution in [0.5, 0.6) is 0 Å². The summed E-state index contributed by atoms with van der Waals surface area (Å²) in [4.78, 5) is 2.76. The molecule has 0 saturated carbocycles. The number of nitrogens with zero attached hydrogens (tertiary/aromatic N) is 1. The molecule has 0 amide bonds. The van der Waals surface area contributed by atoms with Gasteiger partial charge in [0.2, 0.25) is 0 Å². The first-order chi connectivity index (χ1) is 10.7. The fourth-order valence-electron chi connectivity index (χ4n) is 3.98. The van der Waals surface area contributed by atoms with Gasteiger partial charge in [0.25, 0.3) is 0 Å². The van der Waals surface area contributed by atoms with Crippen LogP contribution in [-0.2, 0) is 4.74 Å². The van der Waals surface area contributed by atoms with Crippen LogP contribution in [0.3, 0.4) is 0 Å². The van der Waals surface area contributed by atoms with Gasteiger partial charge in [-0.25, -0.2) is 0 Å². The number of hydrogen-bond acceptors (Lipinski definition) is 3. The minimum atomic E-state index is 0.551. The van der Waals surface area contributed by atoms with E-state index in [1.54, 1.807) is 0 Å². The Morgan fingerprint density at radius 1 is 1.23 bits per heavy atom. The van der Waals surface area contributed by atoms with Crippen molar-refractivity contribution in [2.75, 3.05) is 26.3 Å². The van der Waals surface area contributed by atoms with Gasteiger partial charge in [0.1, 0.15) is 0 Å². The zero-order valence-electron chi connectivity index (χ0n) is 14.3. The normalized spacial score (nSPS) is 28.4. The molecule has 22 heavy (non-hydrogen) atoms. The van der Waals surface area contributed by atoms with Gasteiger partial charge in [-0.1, -0.05) is 13.3 Å². The van der Waals surface area contributed by atoms with Crippen LogP contribution in [0, 0.1) is 0 Å². The third-order valence-corrected chi connectivity index (χ3v) is 5.16. The van der Waals surface area contributed by atoms with Crippen molar-refractivity contribution in [3.8, 4) is 0 Å². The Balaban J connectivity index is 1.69. The van der Waals surface area contributed by atoms with Gasteiger partial charge < -0.3 is 15.4 Å². The molecule has 3 atom stereocenters. The molecule has 2 aliphatic heterocycles. The molecule has 1 unspecified atom stereocenters. The largest absolute Gasteiger partial charge is 0.382 e. The fourth-order valence-corrected chi connectivity index (χ4v) is 4.25. The highest BCUT2D eigenvalue weighted by Gasteiger charge is 2.37. The molecule has 2 bridgehead atoms. The number of piperidine rings is 2. The summed E-state index contributed by atoms with van der Waals surface area (Å²) in [5, 5.41) is 7.69.